The van der Waals surface area contributed by atoms with Gasteiger partial charge in [0.15, 0.2) is 0 Å². The number of hydrogen-bond donors (Lipinski definition) is 2. The largest absolute Gasteiger partial charge is 0.480 e. The first-order valence-corrected chi connectivity index (χ1v) is 7.23. The highest BCUT2D eigenvalue weighted by Crippen LogP contribution is 2.09. The number of rotatable bonds is 9. The Morgan fingerprint density at radius 3 is 2.21 bits per heavy atom. The fourth-order valence-electron chi connectivity index (χ4n) is 2.12. The van der Waals surface area contributed by atoms with E-state index in [1.807, 2.05) is 0 Å². The number of carbonyl (C=O) groups excluding carboxylic acids is 1. The van der Waals surface area contributed by atoms with Gasteiger partial charge in [-0.1, -0.05) is 40.0 Å². The SMILES string of the molecule is CCCCC(CCC)NC(=O)N(C)C(CC)C(=O)O. The van der Waals surface area contributed by atoms with Crippen LogP contribution in [0.3, 0.4) is 0 Å². The van der Waals surface area contributed by atoms with Gasteiger partial charge < -0.3 is 15.3 Å². The summed E-state index contributed by atoms with van der Waals surface area (Å²) in [6.45, 7) is 5.97. The molecule has 0 saturated carbocycles. The molecule has 2 N–H and O–H groups in total. The number of likely N-dealkylation sites (N-methyl/N-ethyl adjacent to an activating group) is 1. The third kappa shape index (κ3) is 6.45. The molecule has 19 heavy (non-hydrogen) atoms. The zero-order valence-corrected chi connectivity index (χ0v) is 12.6. The summed E-state index contributed by atoms with van der Waals surface area (Å²) in [6, 6.07) is -0.900. The molecular weight excluding hydrogens is 244 g/mol. The fraction of sp³-hybridized carbons (Fsp3) is 0.857. The lowest BCUT2D eigenvalue weighted by molar-refractivity contribution is -0.141. The van der Waals surface area contributed by atoms with Crippen LogP contribution >= 0.6 is 0 Å². The molecular formula is C14H28N2O3. The average Bonchev–Trinajstić information content (AvgIpc) is 2.36. The zero-order chi connectivity index (χ0) is 14.8. The number of nitrogens with zero attached hydrogens (tertiary/aromatic N) is 1. The smallest absolute Gasteiger partial charge is 0.326 e. The number of carboxylic acids is 1. The van der Waals surface area contributed by atoms with Crippen molar-refractivity contribution in [1.82, 2.24) is 10.2 Å². The molecule has 0 aromatic heterocycles. The Kier molecular flexibility index (Phi) is 9.00. The van der Waals surface area contributed by atoms with Gasteiger partial charge in [-0.3, -0.25) is 0 Å². The van der Waals surface area contributed by atoms with Gasteiger partial charge in [-0.2, -0.15) is 0 Å². The Hall–Kier alpha value is -1.26. The van der Waals surface area contributed by atoms with Crippen LogP contribution in [-0.4, -0.2) is 41.1 Å². The molecule has 0 fully saturated rings. The Labute approximate surface area is 116 Å². The number of nitrogens with one attached hydrogen (secondary N) is 1. The summed E-state index contributed by atoms with van der Waals surface area (Å²) in [4.78, 5) is 24.4. The number of unbranched alkanes of at least 4 members (excludes halogenated alkanes) is 1. The van der Waals surface area contributed by atoms with E-state index in [9.17, 15) is 9.59 Å². The highest BCUT2D eigenvalue weighted by Gasteiger charge is 2.25. The van der Waals surface area contributed by atoms with E-state index in [0.717, 1.165) is 32.1 Å². The first-order chi connectivity index (χ1) is 8.97. The molecule has 5 nitrogen and oxygen atoms in total. The van der Waals surface area contributed by atoms with Crippen LogP contribution in [0.1, 0.15) is 59.3 Å². The first-order valence-electron chi connectivity index (χ1n) is 7.23. The van der Waals surface area contributed by atoms with Gasteiger partial charge in [0.05, 0.1) is 0 Å². The maximum absolute atomic E-state index is 12.0. The van der Waals surface area contributed by atoms with Crippen molar-refractivity contribution in [1.29, 1.82) is 0 Å². The van der Waals surface area contributed by atoms with Crippen LogP contribution in [-0.2, 0) is 4.79 Å². The van der Waals surface area contributed by atoms with Crippen LogP contribution in [0.25, 0.3) is 0 Å². The van der Waals surface area contributed by atoms with Crippen LogP contribution in [0.15, 0.2) is 0 Å². The molecule has 0 spiro atoms. The number of aliphatic carboxylic acids is 1. The van der Waals surface area contributed by atoms with Crippen molar-refractivity contribution in [3.8, 4) is 0 Å². The van der Waals surface area contributed by atoms with E-state index in [1.54, 1.807) is 14.0 Å². The van der Waals surface area contributed by atoms with Crippen molar-refractivity contribution in [3.63, 3.8) is 0 Å². The third-order valence-electron chi connectivity index (χ3n) is 3.33. The van der Waals surface area contributed by atoms with Crippen molar-refractivity contribution in [2.75, 3.05) is 7.05 Å². The molecule has 0 heterocycles. The number of hydrogen-bond acceptors (Lipinski definition) is 2. The molecule has 0 saturated heterocycles. The Balaban J connectivity index is 4.48. The number of urea groups is 1. The summed E-state index contributed by atoms with van der Waals surface area (Å²) in [7, 11) is 1.54. The predicted molar refractivity (Wildman–Crippen MR) is 76.2 cm³/mol. The van der Waals surface area contributed by atoms with Gasteiger partial charge in [-0.05, 0) is 19.3 Å². The lowest BCUT2D eigenvalue weighted by atomic mass is 10.1. The van der Waals surface area contributed by atoms with E-state index >= 15 is 0 Å². The Bertz CT molecular complexity index is 282. The second-order valence-electron chi connectivity index (χ2n) is 4.95. The minimum absolute atomic E-state index is 0.145. The molecule has 0 bridgehead atoms. The molecule has 0 aliphatic heterocycles. The minimum Gasteiger partial charge on any atom is -0.480 e. The van der Waals surface area contributed by atoms with E-state index in [1.165, 1.54) is 4.90 Å². The molecule has 5 heteroatoms. The van der Waals surface area contributed by atoms with E-state index in [4.69, 9.17) is 5.11 Å². The molecule has 0 rings (SSSR count). The van der Waals surface area contributed by atoms with Crippen molar-refractivity contribution in [2.45, 2.75) is 71.4 Å². The predicted octanol–water partition coefficient (Wildman–Crippen LogP) is 2.85. The fourth-order valence-corrected chi connectivity index (χ4v) is 2.12. The topological polar surface area (TPSA) is 69.6 Å². The number of carbonyl (C=O) groups is 2. The summed E-state index contributed by atoms with van der Waals surface area (Å²) >= 11 is 0. The maximum atomic E-state index is 12.0. The molecule has 2 atom stereocenters. The Morgan fingerprint density at radius 2 is 1.79 bits per heavy atom. The van der Waals surface area contributed by atoms with Crippen LogP contribution in [0, 0.1) is 0 Å². The van der Waals surface area contributed by atoms with E-state index in [-0.39, 0.29) is 12.1 Å². The summed E-state index contributed by atoms with van der Waals surface area (Å²) in [5.41, 5.74) is 0. The molecule has 0 radical (unpaired) electrons. The summed E-state index contributed by atoms with van der Waals surface area (Å²) in [6.07, 6.45) is 5.47. The molecule has 0 aromatic rings. The second-order valence-corrected chi connectivity index (χ2v) is 4.95. The Morgan fingerprint density at radius 1 is 1.16 bits per heavy atom. The molecule has 2 unspecified atom stereocenters. The van der Waals surface area contributed by atoms with Crippen LogP contribution in [0.2, 0.25) is 0 Å². The van der Waals surface area contributed by atoms with Crippen molar-refractivity contribution < 1.29 is 14.7 Å². The standard InChI is InChI=1S/C14H28N2O3/c1-5-8-10-11(9-6-2)15-14(19)16(4)12(7-3)13(17)18/h11-12H,5-10H2,1-4H3,(H,15,19)(H,17,18). The molecule has 112 valence electrons. The minimum atomic E-state index is -0.958. The lowest BCUT2D eigenvalue weighted by Gasteiger charge is -2.27. The van der Waals surface area contributed by atoms with Gasteiger partial charge in [-0.15, -0.1) is 0 Å². The van der Waals surface area contributed by atoms with Crippen molar-refractivity contribution >= 4 is 12.0 Å². The molecule has 0 aliphatic rings. The molecule has 0 aromatic carbocycles. The first kappa shape index (κ1) is 17.7. The number of carboxylic acid groups (broad SMARTS) is 1. The quantitative estimate of drug-likeness (QED) is 0.678. The van der Waals surface area contributed by atoms with Gasteiger partial charge in [0.2, 0.25) is 0 Å². The average molecular weight is 272 g/mol. The van der Waals surface area contributed by atoms with Crippen LogP contribution < -0.4 is 5.32 Å². The number of amides is 2. The zero-order valence-electron chi connectivity index (χ0n) is 12.6. The van der Waals surface area contributed by atoms with Crippen molar-refractivity contribution in [3.05, 3.63) is 0 Å². The maximum Gasteiger partial charge on any atom is 0.326 e. The van der Waals surface area contributed by atoms with Gasteiger partial charge in [-0.25, -0.2) is 9.59 Å². The van der Waals surface area contributed by atoms with E-state index < -0.39 is 12.0 Å². The van der Waals surface area contributed by atoms with Crippen LogP contribution in [0.5, 0.6) is 0 Å². The molecule has 0 aliphatic carbocycles. The van der Waals surface area contributed by atoms with Crippen LogP contribution in [0.4, 0.5) is 4.79 Å². The van der Waals surface area contributed by atoms with Gasteiger partial charge >= 0.3 is 12.0 Å². The van der Waals surface area contributed by atoms with E-state index in [0.29, 0.717) is 6.42 Å². The summed E-state index contributed by atoms with van der Waals surface area (Å²) < 4.78 is 0. The van der Waals surface area contributed by atoms with Crippen molar-refractivity contribution in [2.24, 2.45) is 0 Å². The lowest BCUT2D eigenvalue weighted by Crippen LogP contribution is -2.49. The summed E-state index contributed by atoms with van der Waals surface area (Å²) in [5, 5.41) is 12.0. The monoisotopic (exact) mass is 272 g/mol. The summed E-state index contributed by atoms with van der Waals surface area (Å²) in [5.74, 6) is -0.958. The second kappa shape index (κ2) is 9.64. The molecule has 2 amide bonds. The van der Waals surface area contributed by atoms with Gasteiger partial charge in [0, 0.05) is 13.1 Å². The highest BCUT2D eigenvalue weighted by atomic mass is 16.4. The normalized spacial score (nSPS) is 13.7. The van der Waals surface area contributed by atoms with E-state index in [2.05, 4.69) is 19.2 Å². The van der Waals surface area contributed by atoms with Gasteiger partial charge in [0.25, 0.3) is 0 Å². The highest BCUT2D eigenvalue weighted by molar-refractivity contribution is 5.82. The van der Waals surface area contributed by atoms with Gasteiger partial charge in [0.1, 0.15) is 6.04 Å². The third-order valence-corrected chi connectivity index (χ3v) is 3.33.